The van der Waals surface area contributed by atoms with Crippen LogP contribution in [0, 0.1) is 6.92 Å². The first kappa shape index (κ1) is 10.5. The van der Waals surface area contributed by atoms with E-state index in [0.717, 1.165) is 0 Å². The Morgan fingerprint density at radius 2 is 1.87 bits per heavy atom. The van der Waals surface area contributed by atoms with Crippen LogP contribution in [-0.4, -0.2) is 5.54 Å². The van der Waals surface area contributed by atoms with Crippen LogP contribution in [-0.2, 0) is 0 Å². The van der Waals surface area contributed by atoms with Gasteiger partial charge in [0.25, 0.3) is 0 Å². The lowest BCUT2D eigenvalue weighted by molar-refractivity contribution is 0.349. The second-order valence-electron chi connectivity index (χ2n) is 5.12. The number of hydrogen-bond donors (Lipinski definition) is 1. The van der Waals surface area contributed by atoms with Gasteiger partial charge in [0, 0.05) is 11.2 Å². The molecule has 1 aliphatic carbocycles. The minimum absolute atomic E-state index is 0.325. The number of aryl methyl sites for hydroxylation is 1. The zero-order chi connectivity index (χ0) is 10.7. The molecule has 0 heterocycles. The van der Waals surface area contributed by atoms with E-state index in [-0.39, 0.29) is 0 Å². The predicted molar refractivity (Wildman–Crippen MR) is 66.3 cm³/mol. The van der Waals surface area contributed by atoms with Crippen LogP contribution in [0.3, 0.4) is 0 Å². The Bertz CT molecular complexity index is 324. The van der Waals surface area contributed by atoms with E-state index in [1.165, 1.54) is 43.4 Å². The van der Waals surface area contributed by atoms with Crippen LogP contribution in [0.5, 0.6) is 0 Å². The van der Waals surface area contributed by atoms with Crippen molar-refractivity contribution in [1.29, 1.82) is 0 Å². The molecule has 0 atom stereocenters. The Morgan fingerprint density at radius 1 is 1.13 bits per heavy atom. The molecule has 0 saturated heterocycles. The van der Waals surface area contributed by atoms with Crippen LogP contribution >= 0.6 is 0 Å². The van der Waals surface area contributed by atoms with Crippen molar-refractivity contribution >= 4 is 5.69 Å². The Balaban J connectivity index is 2.06. The lowest BCUT2D eigenvalue weighted by Gasteiger charge is -2.35. The van der Waals surface area contributed by atoms with E-state index in [1.807, 2.05) is 0 Å². The topological polar surface area (TPSA) is 12.0 Å². The summed E-state index contributed by atoms with van der Waals surface area (Å²) in [5.41, 5.74) is 2.94. The van der Waals surface area contributed by atoms with Gasteiger partial charge in [0.1, 0.15) is 0 Å². The van der Waals surface area contributed by atoms with Gasteiger partial charge in [0.15, 0.2) is 0 Å². The molecule has 15 heavy (non-hydrogen) atoms. The lowest BCUT2D eigenvalue weighted by Crippen LogP contribution is -2.36. The molecule has 0 spiro atoms. The van der Waals surface area contributed by atoms with E-state index < -0.39 is 0 Å². The Morgan fingerprint density at radius 3 is 2.53 bits per heavy atom. The number of anilines is 1. The highest BCUT2D eigenvalue weighted by Crippen LogP contribution is 2.31. The van der Waals surface area contributed by atoms with Crippen LogP contribution in [0.4, 0.5) is 5.69 Å². The maximum absolute atomic E-state index is 3.70. The molecule has 0 amide bonds. The van der Waals surface area contributed by atoms with Gasteiger partial charge in [0.05, 0.1) is 0 Å². The molecule has 1 N–H and O–H groups in total. The zero-order valence-electron chi connectivity index (χ0n) is 9.84. The van der Waals surface area contributed by atoms with Gasteiger partial charge in [-0.25, -0.2) is 0 Å². The summed E-state index contributed by atoms with van der Waals surface area (Å²) >= 11 is 0. The molecule has 0 aromatic heterocycles. The molecule has 1 aliphatic rings. The van der Waals surface area contributed by atoms with E-state index in [9.17, 15) is 0 Å². The first-order chi connectivity index (χ1) is 7.18. The minimum atomic E-state index is 0.325. The molecule has 2 rings (SSSR count). The Labute approximate surface area is 92.9 Å². The third-order valence-corrected chi connectivity index (χ3v) is 3.42. The summed E-state index contributed by atoms with van der Waals surface area (Å²) in [7, 11) is 0. The van der Waals surface area contributed by atoms with Crippen molar-refractivity contribution in [2.75, 3.05) is 5.32 Å². The Hall–Kier alpha value is -0.980. The van der Waals surface area contributed by atoms with Crippen molar-refractivity contribution in [1.82, 2.24) is 0 Å². The quantitative estimate of drug-likeness (QED) is 0.762. The molecule has 0 bridgehead atoms. The van der Waals surface area contributed by atoms with Crippen molar-refractivity contribution in [3.05, 3.63) is 29.8 Å². The van der Waals surface area contributed by atoms with Crippen LogP contribution < -0.4 is 5.32 Å². The van der Waals surface area contributed by atoms with Gasteiger partial charge in [0.2, 0.25) is 0 Å². The first-order valence-electron chi connectivity index (χ1n) is 6.03. The molecule has 0 aliphatic heterocycles. The van der Waals surface area contributed by atoms with Gasteiger partial charge in [-0.05, 0) is 44.4 Å². The molecular formula is C14H21N. The smallest absolute Gasteiger partial charge is 0.0346 e. The summed E-state index contributed by atoms with van der Waals surface area (Å²) in [6, 6.07) is 8.69. The Kier molecular flexibility index (Phi) is 2.99. The zero-order valence-corrected chi connectivity index (χ0v) is 9.84. The molecule has 0 unspecified atom stereocenters. The van der Waals surface area contributed by atoms with Crippen LogP contribution in [0.2, 0.25) is 0 Å². The fraction of sp³-hybridized carbons (Fsp3) is 0.571. The lowest BCUT2D eigenvalue weighted by atomic mass is 9.83. The molecule has 82 valence electrons. The van der Waals surface area contributed by atoms with E-state index in [4.69, 9.17) is 0 Å². The van der Waals surface area contributed by atoms with Crippen LogP contribution in [0.25, 0.3) is 0 Å². The molecule has 1 saturated carbocycles. The largest absolute Gasteiger partial charge is 0.380 e. The average Bonchev–Trinajstić information content (AvgIpc) is 2.18. The second-order valence-corrected chi connectivity index (χ2v) is 5.12. The van der Waals surface area contributed by atoms with E-state index in [1.54, 1.807) is 0 Å². The third kappa shape index (κ3) is 2.74. The van der Waals surface area contributed by atoms with E-state index in [2.05, 4.69) is 43.4 Å². The number of rotatable bonds is 2. The normalized spacial score (nSPS) is 19.9. The molecule has 1 nitrogen and oxygen atoms in total. The van der Waals surface area contributed by atoms with Gasteiger partial charge in [-0.2, -0.15) is 0 Å². The van der Waals surface area contributed by atoms with Crippen molar-refractivity contribution in [3.63, 3.8) is 0 Å². The monoisotopic (exact) mass is 203 g/mol. The van der Waals surface area contributed by atoms with Gasteiger partial charge < -0.3 is 5.32 Å². The summed E-state index contributed by atoms with van der Waals surface area (Å²) in [4.78, 5) is 0. The van der Waals surface area contributed by atoms with Gasteiger partial charge in [-0.1, -0.05) is 31.4 Å². The summed E-state index contributed by atoms with van der Waals surface area (Å²) in [5, 5.41) is 3.70. The minimum Gasteiger partial charge on any atom is -0.380 e. The summed E-state index contributed by atoms with van der Waals surface area (Å²) in [5.74, 6) is 0. The molecule has 1 aromatic rings. The molecular weight excluding hydrogens is 182 g/mol. The first-order valence-corrected chi connectivity index (χ1v) is 6.03. The van der Waals surface area contributed by atoms with Gasteiger partial charge >= 0.3 is 0 Å². The number of benzene rings is 1. The highest BCUT2D eigenvalue weighted by atomic mass is 15.0. The standard InChI is InChI=1S/C14H21N/c1-12-7-6-8-13(11-12)15-14(2)9-4-3-5-10-14/h6-8,11,15H,3-5,9-10H2,1-2H3. The van der Waals surface area contributed by atoms with Gasteiger partial charge in [-0.15, -0.1) is 0 Å². The predicted octanol–water partition coefficient (Wildman–Crippen LogP) is 4.13. The van der Waals surface area contributed by atoms with E-state index >= 15 is 0 Å². The van der Waals surface area contributed by atoms with Crippen molar-refractivity contribution in [3.8, 4) is 0 Å². The summed E-state index contributed by atoms with van der Waals surface area (Å²) < 4.78 is 0. The maximum atomic E-state index is 3.70. The third-order valence-electron chi connectivity index (χ3n) is 3.42. The SMILES string of the molecule is Cc1cccc(NC2(C)CCCCC2)c1. The van der Waals surface area contributed by atoms with E-state index in [0.29, 0.717) is 5.54 Å². The average molecular weight is 203 g/mol. The molecule has 1 heteroatoms. The summed E-state index contributed by atoms with van der Waals surface area (Å²) in [6.07, 6.45) is 6.76. The van der Waals surface area contributed by atoms with Gasteiger partial charge in [-0.3, -0.25) is 0 Å². The van der Waals surface area contributed by atoms with Crippen molar-refractivity contribution in [2.24, 2.45) is 0 Å². The molecule has 1 aromatic carbocycles. The summed E-state index contributed by atoms with van der Waals surface area (Å²) in [6.45, 7) is 4.50. The van der Waals surface area contributed by atoms with Crippen LogP contribution in [0.15, 0.2) is 24.3 Å². The second kappa shape index (κ2) is 4.26. The number of nitrogens with one attached hydrogen (secondary N) is 1. The van der Waals surface area contributed by atoms with Crippen LogP contribution in [0.1, 0.15) is 44.6 Å². The fourth-order valence-corrected chi connectivity index (χ4v) is 2.53. The highest BCUT2D eigenvalue weighted by Gasteiger charge is 2.26. The number of hydrogen-bond acceptors (Lipinski definition) is 1. The molecule has 1 fully saturated rings. The highest BCUT2D eigenvalue weighted by molar-refractivity contribution is 5.47. The van der Waals surface area contributed by atoms with Crippen molar-refractivity contribution in [2.45, 2.75) is 51.5 Å². The van der Waals surface area contributed by atoms with Crippen molar-refractivity contribution < 1.29 is 0 Å². The maximum Gasteiger partial charge on any atom is 0.0346 e. The fourth-order valence-electron chi connectivity index (χ4n) is 2.53. The molecule has 0 radical (unpaired) electrons.